The maximum atomic E-state index is 13.6. The Balaban J connectivity index is 1.33. The number of nitrogens with zero attached hydrogens (tertiary/aromatic N) is 2. The average molecular weight is 283 g/mol. The summed E-state index contributed by atoms with van der Waals surface area (Å²) in [5.41, 5.74) is 1.95. The Morgan fingerprint density at radius 2 is 1.90 bits per heavy atom. The molecule has 0 amide bonds. The molecule has 108 valence electrons. The third kappa shape index (κ3) is 2.51. The van der Waals surface area contributed by atoms with Crippen LogP contribution in [0.25, 0.3) is 0 Å². The fourth-order valence-corrected chi connectivity index (χ4v) is 3.47. The SMILES string of the molecule is Fc1cnccc1NC1C2CN(Cc3ccccc3)CC21. The summed E-state index contributed by atoms with van der Waals surface area (Å²) in [5, 5.41) is 3.33. The molecule has 1 saturated heterocycles. The van der Waals surface area contributed by atoms with Crippen LogP contribution in [0.1, 0.15) is 5.56 Å². The molecule has 1 saturated carbocycles. The van der Waals surface area contributed by atoms with E-state index in [1.165, 1.54) is 11.8 Å². The van der Waals surface area contributed by atoms with Gasteiger partial charge in [0.05, 0.1) is 11.9 Å². The van der Waals surface area contributed by atoms with Crippen molar-refractivity contribution in [2.75, 3.05) is 18.4 Å². The van der Waals surface area contributed by atoms with Gasteiger partial charge in [-0.3, -0.25) is 9.88 Å². The second kappa shape index (κ2) is 5.11. The number of anilines is 1. The third-order valence-electron chi connectivity index (χ3n) is 4.61. The van der Waals surface area contributed by atoms with Crippen LogP contribution < -0.4 is 5.32 Å². The molecule has 2 atom stereocenters. The van der Waals surface area contributed by atoms with E-state index in [-0.39, 0.29) is 5.82 Å². The largest absolute Gasteiger partial charge is 0.379 e. The second-order valence-corrected chi connectivity index (χ2v) is 6.03. The zero-order valence-electron chi connectivity index (χ0n) is 11.7. The molecule has 3 nitrogen and oxygen atoms in total. The van der Waals surface area contributed by atoms with Crippen LogP contribution in [-0.4, -0.2) is 29.0 Å². The van der Waals surface area contributed by atoms with E-state index in [0.29, 0.717) is 23.6 Å². The molecule has 2 aliphatic rings. The number of hydrogen-bond donors (Lipinski definition) is 1. The van der Waals surface area contributed by atoms with Crippen molar-refractivity contribution in [3.63, 3.8) is 0 Å². The maximum absolute atomic E-state index is 13.6. The molecule has 0 radical (unpaired) electrons. The molecule has 4 rings (SSSR count). The summed E-state index contributed by atoms with van der Waals surface area (Å²) in [6.07, 6.45) is 2.90. The molecule has 4 heteroatoms. The second-order valence-electron chi connectivity index (χ2n) is 6.03. The minimum Gasteiger partial charge on any atom is -0.379 e. The van der Waals surface area contributed by atoms with E-state index in [4.69, 9.17) is 0 Å². The van der Waals surface area contributed by atoms with Crippen LogP contribution in [0.4, 0.5) is 10.1 Å². The first-order chi connectivity index (χ1) is 10.3. The number of rotatable bonds is 4. The number of piperidine rings is 1. The number of hydrogen-bond acceptors (Lipinski definition) is 3. The molecule has 1 aromatic heterocycles. The molecular formula is C17H18FN3. The molecule has 1 aliphatic carbocycles. The first-order valence-corrected chi connectivity index (χ1v) is 7.43. The van der Waals surface area contributed by atoms with Gasteiger partial charge >= 0.3 is 0 Å². The topological polar surface area (TPSA) is 28.2 Å². The van der Waals surface area contributed by atoms with Gasteiger partial charge in [0.1, 0.15) is 0 Å². The summed E-state index contributed by atoms with van der Waals surface area (Å²) in [6.45, 7) is 3.22. The lowest BCUT2D eigenvalue weighted by molar-refractivity contribution is 0.292. The monoisotopic (exact) mass is 283 g/mol. The van der Waals surface area contributed by atoms with Crippen molar-refractivity contribution >= 4 is 5.69 Å². The van der Waals surface area contributed by atoms with Crippen LogP contribution in [0.3, 0.4) is 0 Å². The van der Waals surface area contributed by atoms with Crippen molar-refractivity contribution < 1.29 is 4.39 Å². The van der Waals surface area contributed by atoms with Crippen molar-refractivity contribution in [2.45, 2.75) is 12.6 Å². The summed E-state index contributed by atoms with van der Waals surface area (Å²) in [5.74, 6) is 1.05. The van der Waals surface area contributed by atoms with Crippen molar-refractivity contribution in [3.05, 3.63) is 60.2 Å². The number of likely N-dealkylation sites (tertiary alicyclic amines) is 1. The van der Waals surface area contributed by atoms with Crippen LogP contribution >= 0.6 is 0 Å². The van der Waals surface area contributed by atoms with Gasteiger partial charge in [-0.2, -0.15) is 0 Å². The van der Waals surface area contributed by atoms with Gasteiger partial charge in [-0.15, -0.1) is 0 Å². The van der Waals surface area contributed by atoms with Crippen LogP contribution in [0.2, 0.25) is 0 Å². The van der Waals surface area contributed by atoms with E-state index < -0.39 is 0 Å². The highest BCUT2D eigenvalue weighted by Gasteiger charge is 2.55. The Labute approximate surface area is 123 Å². The number of halogens is 1. The van der Waals surface area contributed by atoms with Crippen molar-refractivity contribution in [3.8, 4) is 0 Å². The fraction of sp³-hybridized carbons (Fsp3) is 0.353. The van der Waals surface area contributed by atoms with Gasteiger partial charge < -0.3 is 5.32 Å². The summed E-state index contributed by atoms with van der Waals surface area (Å²) in [7, 11) is 0. The first kappa shape index (κ1) is 12.8. The van der Waals surface area contributed by atoms with Gasteiger partial charge in [-0.05, 0) is 23.5 Å². The number of aromatic nitrogens is 1. The lowest BCUT2D eigenvalue weighted by Gasteiger charge is -2.20. The Hall–Kier alpha value is -1.94. The predicted molar refractivity (Wildman–Crippen MR) is 80.3 cm³/mol. The highest BCUT2D eigenvalue weighted by Crippen LogP contribution is 2.47. The van der Waals surface area contributed by atoms with Crippen LogP contribution in [0.5, 0.6) is 0 Å². The highest BCUT2D eigenvalue weighted by atomic mass is 19.1. The van der Waals surface area contributed by atoms with Gasteiger partial charge in [0.25, 0.3) is 0 Å². The summed E-state index contributed by atoms with van der Waals surface area (Å²) in [4.78, 5) is 6.27. The third-order valence-corrected chi connectivity index (χ3v) is 4.61. The first-order valence-electron chi connectivity index (χ1n) is 7.43. The Morgan fingerprint density at radius 3 is 2.62 bits per heavy atom. The zero-order valence-corrected chi connectivity index (χ0v) is 11.7. The molecule has 2 unspecified atom stereocenters. The molecule has 1 N–H and O–H groups in total. The molecule has 2 aromatic rings. The molecule has 0 bridgehead atoms. The Kier molecular flexibility index (Phi) is 3.11. The minimum atomic E-state index is -0.261. The van der Waals surface area contributed by atoms with Crippen molar-refractivity contribution in [1.82, 2.24) is 9.88 Å². The summed E-state index contributed by atoms with van der Waals surface area (Å²) >= 11 is 0. The van der Waals surface area contributed by atoms with Crippen LogP contribution in [-0.2, 0) is 6.54 Å². The van der Waals surface area contributed by atoms with Crippen molar-refractivity contribution in [1.29, 1.82) is 0 Å². The van der Waals surface area contributed by atoms with Gasteiger partial charge in [0, 0.05) is 31.9 Å². The summed E-state index contributed by atoms with van der Waals surface area (Å²) in [6, 6.07) is 12.7. The van der Waals surface area contributed by atoms with Gasteiger partial charge in [-0.1, -0.05) is 30.3 Å². The van der Waals surface area contributed by atoms with E-state index in [2.05, 4.69) is 39.5 Å². The zero-order chi connectivity index (χ0) is 14.2. The maximum Gasteiger partial charge on any atom is 0.164 e. The highest BCUT2D eigenvalue weighted by molar-refractivity contribution is 5.46. The van der Waals surface area contributed by atoms with Crippen molar-refractivity contribution in [2.24, 2.45) is 11.8 Å². The van der Waals surface area contributed by atoms with Gasteiger partial charge in [0.15, 0.2) is 5.82 Å². The predicted octanol–water partition coefficient (Wildman–Crippen LogP) is 2.76. The number of nitrogens with one attached hydrogen (secondary N) is 1. The van der Waals surface area contributed by atoms with E-state index in [9.17, 15) is 4.39 Å². The smallest absolute Gasteiger partial charge is 0.164 e. The van der Waals surface area contributed by atoms with Crippen LogP contribution in [0.15, 0.2) is 48.8 Å². The normalized spacial score (nSPS) is 27.4. The lowest BCUT2D eigenvalue weighted by Crippen LogP contribution is -2.27. The Morgan fingerprint density at radius 1 is 1.14 bits per heavy atom. The minimum absolute atomic E-state index is 0.261. The standard InChI is InChI=1S/C17H18FN3/c18-15-8-19-7-6-16(15)20-17-13-10-21(11-14(13)17)9-12-4-2-1-3-5-12/h1-8,13-14,17H,9-11H2,(H,19,20). The van der Waals surface area contributed by atoms with Crippen LogP contribution in [0, 0.1) is 17.7 Å². The molecular weight excluding hydrogens is 265 g/mol. The quantitative estimate of drug-likeness (QED) is 0.935. The average Bonchev–Trinajstić information content (AvgIpc) is 2.94. The molecule has 0 spiro atoms. The van der Waals surface area contributed by atoms with E-state index in [0.717, 1.165) is 19.6 Å². The molecule has 1 aromatic carbocycles. The number of fused-ring (bicyclic) bond motifs is 1. The Bertz CT molecular complexity index is 619. The molecule has 21 heavy (non-hydrogen) atoms. The molecule has 1 aliphatic heterocycles. The number of benzene rings is 1. The van der Waals surface area contributed by atoms with Gasteiger partial charge in [-0.25, -0.2) is 4.39 Å². The van der Waals surface area contributed by atoms with E-state index in [1.807, 2.05) is 6.07 Å². The summed E-state index contributed by atoms with van der Waals surface area (Å²) < 4.78 is 13.6. The molecule has 2 heterocycles. The lowest BCUT2D eigenvalue weighted by atomic mass is 10.2. The molecule has 2 fully saturated rings. The van der Waals surface area contributed by atoms with E-state index >= 15 is 0 Å². The fourth-order valence-electron chi connectivity index (χ4n) is 3.47. The van der Waals surface area contributed by atoms with Gasteiger partial charge in [0.2, 0.25) is 0 Å². The van der Waals surface area contributed by atoms with E-state index in [1.54, 1.807) is 12.3 Å². The number of pyridine rings is 1.